The van der Waals surface area contributed by atoms with Gasteiger partial charge in [0.1, 0.15) is 0 Å². The second-order valence-electron chi connectivity index (χ2n) is 7.14. The molecular formula is C20H31NO4. The lowest BCUT2D eigenvalue weighted by Gasteiger charge is -2.37. The van der Waals surface area contributed by atoms with Gasteiger partial charge >= 0.3 is 0 Å². The van der Waals surface area contributed by atoms with Gasteiger partial charge in [-0.3, -0.25) is 4.90 Å². The number of benzene rings is 1. The number of methoxy groups -OCH3 is 2. The molecule has 1 heterocycles. The lowest BCUT2D eigenvalue weighted by molar-refractivity contribution is -0.0316. The van der Waals surface area contributed by atoms with Crippen molar-refractivity contribution < 1.29 is 19.3 Å². The van der Waals surface area contributed by atoms with Crippen molar-refractivity contribution in [2.45, 2.75) is 56.8 Å². The minimum Gasteiger partial charge on any atom is -0.493 e. The molecule has 0 spiro atoms. The van der Waals surface area contributed by atoms with Gasteiger partial charge < -0.3 is 19.3 Å². The minimum absolute atomic E-state index is 0.158. The summed E-state index contributed by atoms with van der Waals surface area (Å²) in [5, 5.41) is 9.83. The number of aliphatic hydroxyl groups excluding tert-OH is 1. The van der Waals surface area contributed by atoms with Crippen LogP contribution in [0.4, 0.5) is 0 Å². The van der Waals surface area contributed by atoms with E-state index in [1.54, 1.807) is 14.2 Å². The van der Waals surface area contributed by atoms with E-state index in [2.05, 4.69) is 11.0 Å². The number of likely N-dealkylation sites (tertiary alicyclic amines) is 1. The van der Waals surface area contributed by atoms with E-state index in [1.807, 2.05) is 12.1 Å². The van der Waals surface area contributed by atoms with Crippen LogP contribution in [0.25, 0.3) is 0 Å². The van der Waals surface area contributed by atoms with Crippen molar-refractivity contribution in [3.63, 3.8) is 0 Å². The molecule has 25 heavy (non-hydrogen) atoms. The minimum atomic E-state index is -0.158. The third-order valence-electron chi connectivity index (χ3n) is 5.50. The first-order valence-corrected chi connectivity index (χ1v) is 9.46. The zero-order valence-electron chi connectivity index (χ0n) is 15.4. The summed E-state index contributed by atoms with van der Waals surface area (Å²) in [5.41, 5.74) is 1.20. The fourth-order valence-electron chi connectivity index (χ4n) is 4.12. The van der Waals surface area contributed by atoms with E-state index >= 15 is 0 Å². The molecule has 1 aliphatic heterocycles. The summed E-state index contributed by atoms with van der Waals surface area (Å²) in [6.07, 6.45) is 6.73. The van der Waals surface area contributed by atoms with Crippen LogP contribution < -0.4 is 9.47 Å². The SMILES string of the molecule is COc1ccc(CCO[C@@H]2CCCC[C@H]2N2CC[C@H](O)C2)cc1OC. The number of nitrogens with zero attached hydrogens (tertiary/aromatic N) is 1. The average molecular weight is 349 g/mol. The van der Waals surface area contributed by atoms with E-state index in [-0.39, 0.29) is 6.10 Å². The third kappa shape index (κ3) is 4.66. The highest BCUT2D eigenvalue weighted by molar-refractivity contribution is 5.42. The maximum absolute atomic E-state index is 9.83. The van der Waals surface area contributed by atoms with Crippen molar-refractivity contribution in [2.24, 2.45) is 0 Å². The number of β-amino-alcohol motifs (C(OH)–C–C–N with tert-alkyl or cyclic N) is 1. The van der Waals surface area contributed by atoms with Crippen molar-refractivity contribution in [1.29, 1.82) is 0 Å². The highest BCUT2D eigenvalue weighted by Crippen LogP contribution is 2.30. The van der Waals surface area contributed by atoms with Gasteiger partial charge in [-0.15, -0.1) is 0 Å². The molecule has 5 heteroatoms. The van der Waals surface area contributed by atoms with Gasteiger partial charge in [0.25, 0.3) is 0 Å². The van der Waals surface area contributed by atoms with E-state index in [0.29, 0.717) is 18.8 Å². The molecule has 0 unspecified atom stereocenters. The Morgan fingerprint density at radius 3 is 2.60 bits per heavy atom. The van der Waals surface area contributed by atoms with Gasteiger partial charge in [-0.05, 0) is 43.4 Å². The molecule has 5 nitrogen and oxygen atoms in total. The summed E-state index contributed by atoms with van der Waals surface area (Å²) in [5.74, 6) is 1.52. The predicted octanol–water partition coefficient (Wildman–Crippen LogP) is 2.64. The van der Waals surface area contributed by atoms with Crippen LogP contribution in [0.3, 0.4) is 0 Å². The molecule has 2 aliphatic rings. The fourth-order valence-corrected chi connectivity index (χ4v) is 4.12. The highest BCUT2D eigenvalue weighted by atomic mass is 16.5. The first-order valence-electron chi connectivity index (χ1n) is 9.46. The molecule has 1 saturated heterocycles. The Labute approximate surface area is 150 Å². The maximum atomic E-state index is 9.83. The monoisotopic (exact) mass is 349 g/mol. The van der Waals surface area contributed by atoms with Crippen molar-refractivity contribution in [3.05, 3.63) is 23.8 Å². The Balaban J connectivity index is 1.53. The van der Waals surface area contributed by atoms with Crippen molar-refractivity contribution >= 4 is 0 Å². The molecule has 140 valence electrons. The summed E-state index contributed by atoms with van der Waals surface area (Å²) >= 11 is 0. The fraction of sp³-hybridized carbons (Fsp3) is 0.700. The first kappa shape index (κ1) is 18.5. The lowest BCUT2D eigenvalue weighted by atomic mass is 9.91. The van der Waals surface area contributed by atoms with Crippen molar-refractivity contribution in [1.82, 2.24) is 4.90 Å². The molecule has 0 bridgehead atoms. The molecule has 0 radical (unpaired) electrons. The summed E-state index contributed by atoms with van der Waals surface area (Å²) < 4.78 is 16.9. The van der Waals surface area contributed by atoms with Crippen molar-refractivity contribution in [3.8, 4) is 11.5 Å². The quantitative estimate of drug-likeness (QED) is 0.820. The molecule has 1 aliphatic carbocycles. The largest absolute Gasteiger partial charge is 0.493 e. The van der Waals surface area contributed by atoms with Crippen LogP contribution in [0.15, 0.2) is 18.2 Å². The Kier molecular flexibility index (Phi) is 6.57. The summed E-state index contributed by atoms with van der Waals surface area (Å²) in [4.78, 5) is 2.44. The van der Waals surface area contributed by atoms with Crippen LogP contribution in [0.2, 0.25) is 0 Å². The first-order chi connectivity index (χ1) is 12.2. The second-order valence-corrected chi connectivity index (χ2v) is 7.14. The summed E-state index contributed by atoms with van der Waals surface area (Å²) in [7, 11) is 3.31. The number of ether oxygens (including phenoxy) is 3. The van der Waals surface area contributed by atoms with Gasteiger partial charge in [-0.1, -0.05) is 18.9 Å². The molecule has 2 fully saturated rings. The molecule has 3 atom stereocenters. The van der Waals surface area contributed by atoms with Crippen molar-refractivity contribution in [2.75, 3.05) is 33.9 Å². The van der Waals surface area contributed by atoms with Crippen LogP contribution in [-0.4, -0.2) is 62.2 Å². The Morgan fingerprint density at radius 2 is 1.88 bits per heavy atom. The third-order valence-corrected chi connectivity index (χ3v) is 5.50. The van der Waals surface area contributed by atoms with Crippen LogP contribution in [-0.2, 0) is 11.2 Å². The van der Waals surface area contributed by atoms with Crippen LogP contribution >= 0.6 is 0 Å². The second kappa shape index (κ2) is 8.88. The summed E-state index contributed by atoms with van der Waals surface area (Å²) in [6.45, 7) is 2.52. The zero-order valence-corrected chi connectivity index (χ0v) is 15.4. The van der Waals surface area contributed by atoms with Gasteiger partial charge in [0.2, 0.25) is 0 Å². The Hall–Kier alpha value is -1.30. The standard InChI is InChI=1S/C20H31NO4/c1-23-19-8-7-15(13-20(19)24-2)10-12-25-18-6-4-3-5-17(18)21-11-9-16(22)14-21/h7-8,13,16-18,22H,3-6,9-12,14H2,1-2H3/t16-,17+,18+/m0/s1. The zero-order chi connectivity index (χ0) is 17.6. The van der Waals surface area contributed by atoms with Crippen LogP contribution in [0, 0.1) is 0 Å². The topological polar surface area (TPSA) is 51.2 Å². The molecule has 3 rings (SSSR count). The van der Waals surface area contributed by atoms with Crippen LogP contribution in [0.5, 0.6) is 11.5 Å². The number of hydrogen-bond donors (Lipinski definition) is 1. The van der Waals surface area contributed by atoms with E-state index in [0.717, 1.165) is 43.9 Å². The number of rotatable bonds is 7. The number of hydrogen-bond acceptors (Lipinski definition) is 5. The molecule has 0 aromatic heterocycles. The summed E-state index contributed by atoms with van der Waals surface area (Å²) in [6, 6.07) is 6.51. The maximum Gasteiger partial charge on any atom is 0.160 e. The molecule has 1 N–H and O–H groups in total. The van der Waals surface area contributed by atoms with E-state index in [4.69, 9.17) is 14.2 Å². The van der Waals surface area contributed by atoms with Crippen LogP contribution in [0.1, 0.15) is 37.7 Å². The molecule has 1 aromatic carbocycles. The van der Waals surface area contributed by atoms with E-state index in [1.165, 1.54) is 24.8 Å². The molecule has 1 aromatic rings. The van der Waals surface area contributed by atoms with Gasteiger partial charge in [0.05, 0.1) is 33.0 Å². The Bertz CT molecular complexity index is 550. The smallest absolute Gasteiger partial charge is 0.160 e. The van der Waals surface area contributed by atoms with Gasteiger partial charge in [0, 0.05) is 19.1 Å². The lowest BCUT2D eigenvalue weighted by Crippen LogP contribution is -2.46. The van der Waals surface area contributed by atoms with Gasteiger partial charge in [0.15, 0.2) is 11.5 Å². The average Bonchev–Trinajstić information content (AvgIpc) is 3.08. The number of aliphatic hydroxyl groups is 1. The molecule has 0 amide bonds. The van der Waals surface area contributed by atoms with Gasteiger partial charge in [-0.25, -0.2) is 0 Å². The molecular weight excluding hydrogens is 318 g/mol. The predicted molar refractivity (Wildman–Crippen MR) is 97.4 cm³/mol. The Morgan fingerprint density at radius 1 is 1.08 bits per heavy atom. The van der Waals surface area contributed by atoms with Gasteiger partial charge in [-0.2, -0.15) is 0 Å². The normalized spacial score (nSPS) is 27.4. The highest BCUT2D eigenvalue weighted by Gasteiger charge is 2.34. The van der Waals surface area contributed by atoms with E-state index < -0.39 is 0 Å². The molecule has 1 saturated carbocycles. The van der Waals surface area contributed by atoms with E-state index in [9.17, 15) is 5.11 Å².